The minimum Gasteiger partial charge on any atom is -0.480 e. The molecule has 1 heterocycles. The molecule has 0 aromatic heterocycles. The summed E-state index contributed by atoms with van der Waals surface area (Å²) in [5, 5.41) is 23.7. The van der Waals surface area contributed by atoms with Gasteiger partial charge in [0.05, 0.1) is 6.10 Å². The van der Waals surface area contributed by atoms with Crippen LogP contribution in [0.4, 0.5) is 0 Å². The topological polar surface area (TPSA) is 226 Å². The lowest BCUT2D eigenvalue weighted by Gasteiger charge is -2.28. The number of likely N-dealkylation sites (tertiary alicyclic amines) is 1. The van der Waals surface area contributed by atoms with Crippen molar-refractivity contribution in [3.8, 4) is 0 Å². The van der Waals surface area contributed by atoms with Gasteiger partial charge < -0.3 is 42.9 Å². The number of aliphatic hydroxyl groups excluding tert-OH is 1. The first-order chi connectivity index (χ1) is 14.5. The first kappa shape index (κ1) is 26.1. The van der Waals surface area contributed by atoms with Crippen molar-refractivity contribution in [3.05, 3.63) is 0 Å². The lowest BCUT2D eigenvalue weighted by atomic mass is 10.1. The number of nitrogens with one attached hydrogen (secondary N) is 2. The fraction of sp³-hybridized carbons (Fsp3) is 0.722. The number of aliphatic carboxylic acids is 1. The summed E-state index contributed by atoms with van der Waals surface area (Å²) in [6.45, 7) is 3.33. The molecule has 0 saturated carbocycles. The van der Waals surface area contributed by atoms with Gasteiger partial charge in [-0.25, -0.2) is 4.79 Å². The van der Waals surface area contributed by atoms with Gasteiger partial charge in [-0.05, 0) is 39.5 Å². The number of rotatable bonds is 11. The minimum atomic E-state index is -1.23. The van der Waals surface area contributed by atoms with Gasteiger partial charge in [0.25, 0.3) is 0 Å². The zero-order valence-corrected chi connectivity index (χ0v) is 17.8. The lowest BCUT2D eigenvalue weighted by molar-refractivity contribution is -0.143. The number of hydrogen-bond acceptors (Lipinski definition) is 7. The average molecular weight is 444 g/mol. The summed E-state index contributed by atoms with van der Waals surface area (Å²) in [5.74, 6) is -3.11. The highest BCUT2D eigenvalue weighted by atomic mass is 16.4. The van der Waals surface area contributed by atoms with Crippen LogP contribution in [0.1, 0.15) is 39.5 Å². The molecule has 0 bridgehead atoms. The number of hydrogen-bond donors (Lipinski definition) is 7. The van der Waals surface area contributed by atoms with E-state index in [1.54, 1.807) is 0 Å². The Morgan fingerprint density at radius 1 is 1.19 bits per heavy atom. The molecule has 176 valence electrons. The molecule has 10 N–H and O–H groups in total. The monoisotopic (exact) mass is 443 g/mol. The van der Waals surface area contributed by atoms with Crippen molar-refractivity contribution < 1.29 is 29.4 Å². The second kappa shape index (κ2) is 12.1. The Kier molecular flexibility index (Phi) is 10.1. The molecule has 1 aliphatic heterocycles. The third-order valence-electron chi connectivity index (χ3n) is 4.96. The number of amides is 3. The molecule has 0 radical (unpaired) electrons. The maximum absolute atomic E-state index is 12.6. The van der Waals surface area contributed by atoms with Crippen LogP contribution in [-0.2, 0) is 19.2 Å². The maximum Gasteiger partial charge on any atom is 0.326 e. The standard InChI is InChI=1S/C18H33N7O6/c1-9(14(27)24-11(17(30)31)5-3-7-22-18(20)21)23-15(28)12-6-4-8-25(12)16(29)13(19)10(2)26/h9-13,26H,3-8,19H2,1-2H3,(H,23,28)(H,24,27)(H,30,31)(H4,20,21,22). The van der Waals surface area contributed by atoms with E-state index < -0.39 is 54.0 Å². The van der Waals surface area contributed by atoms with Gasteiger partial charge in [-0.15, -0.1) is 0 Å². The Bertz CT molecular complexity index is 695. The van der Waals surface area contributed by atoms with Crippen molar-refractivity contribution in [1.29, 1.82) is 0 Å². The van der Waals surface area contributed by atoms with Gasteiger partial charge in [-0.1, -0.05) is 0 Å². The van der Waals surface area contributed by atoms with Gasteiger partial charge in [0, 0.05) is 13.1 Å². The summed E-state index contributed by atoms with van der Waals surface area (Å²) in [4.78, 5) is 53.8. The summed E-state index contributed by atoms with van der Waals surface area (Å²) < 4.78 is 0. The maximum atomic E-state index is 12.6. The molecule has 1 saturated heterocycles. The third kappa shape index (κ3) is 8.02. The van der Waals surface area contributed by atoms with Crippen molar-refractivity contribution >= 4 is 29.7 Å². The first-order valence-corrected chi connectivity index (χ1v) is 10.1. The Balaban J connectivity index is 2.65. The Hall–Kier alpha value is -2.93. The SMILES string of the molecule is CC(NC(=O)C1CCCN1C(=O)C(N)C(C)O)C(=O)NC(CCCN=C(N)N)C(=O)O. The highest BCUT2D eigenvalue weighted by Gasteiger charge is 2.38. The van der Waals surface area contributed by atoms with Crippen LogP contribution in [0.5, 0.6) is 0 Å². The second-order valence-electron chi connectivity index (χ2n) is 7.53. The van der Waals surface area contributed by atoms with E-state index in [-0.39, 0.29) is 18.9 Å². The van der Waals surface area contributed by atoms with Crippen LogP contribution in [0.15, 0.2) is 4.99 Å². The molecule has 5 unspecified atom stereocenters. The molecule has 0 aliphatic carbocycles. The number of nitrogens with two attached hydrogens (primary N) is 3. The number of carbonyl (C=O) groups is 4. The van der Waals surface area contributed by atoms with Crippen LogP contribution in [-0.4, -0.2) is 88.1 Å². The van der Waals surface area contributed by atoms with E-state index in [1.165, 1.54) is 18.7 Å². The predicted molar refractivity (Wildman–Crippen MR) is 111 cm³/mol. The number of aliphatic hydroxyl groups is 1. The van der Waals surface area contributed by atoms with Crippen molar-refractivity contribution in [2.45, 2.75) is 69.8 Å². The van der Waals surface area contributed by atoms with E-state index in [1.807, 2.05) is 0 Å². The summed E-state index contributed by atoms with van der Waals surface area (Å²) >= 11 is 0. The van der Waals surface area contributed by atoms with E-state index >= 15 is 0 Å². The van der Waals surface area contributed by atoms with E-state index in [0.717, 1.165) is 0 Å². The Morgan fingerprint density at radius 3 is 2.39 bits per heavy atom. The number of carbonyl (C=O) groups excluding carboxylic acids is 3. The molecule has 1 fully saturated rings. The van der Waals surface area contributed by atoms with E-state index in [0.29, 0.717) is 25.8 Å². The largest absolute Gasteiger partial charge is 0.480 e. The molecule has 3 amide bonds. The zero-order valence-electron chi connectivity index (χ0n) is 17.8. The van der Waals surface area contributed by atoms with Crippen LogP contribution in [0.25, 0.3) is 0 Å². The van der Waals surface area contributed by atoms with Crippen LogP contribution < -0.4 is 27.8 Å². The van der Waals surface area contributed by atoms with Crippen molar-refractivity contribution in [3.63, 3.8) is 0 Å². The third-order valence-corrected chi connectivity index (χ3v) is 4.96. The molecule has 0 spiro atoms. The molecule has 31 heavy (non-hydrogen) atoms. The number of aliphatic imine (C=N–C) groups is 1. The number of carboxylic acid groups (broad SMARTS) is 1. The van der Waals surface area contributed by atoms with Gasteiger partial charge in [0.15, 0.2) is 5.96 Å². The smallest absolute Gasteiger partial charge is 0.326 e. The quantitative estimate of drug-likeness (QED) is 0.0968. The number of carboxylic acids is 1. The minimum absolute atomic E-state index is 0.0979. The lowest BCUT2D eigenvalue weighted by Crippen LogP contribution is -2.57. The predicted octanol–water partition coefficient (Wildman–Crippen LogP) is -3.19. The zero-order chi connectivity index (χ0) is 23.7. The molecule has 13 nitrogen and oxygen atoms in total. The van der Waals surface area contributed by atoms with Gasteiger partial charge >= 0.3 is 5.97 Å². The van der Waals surface area contributed by atoms with Crippen molar-refractivity contribution in [2.75, 3.05) is 13.1 Å². The molecular weight excluding hydrogens is 410 g/mol. The second-order valence-corrected chi connectivity index (χ2v) is 7.53. The van der Waals surface area contributed by atoms with Crippen LogP contribution in [0, 0.1) is 0 Å². The normalized spacial score (nSPS) is 19.6. The van der Waals surface area contributed by atoms with Crippen molar-refractivity contribution in [2.24, 2.45) is 22.2 Å². The molecule has 13 heteroatoms. The van der Waals surface area contributed by atoms with Crippen LogP contribution in [0.2, 0.25) is 0 Å². The summed E-state index contributed by atoms with van der Waals surface area (Å²) in [7, 11) is 0. The molecular formula is C18H33N7O6. The molecule has 1 aliphatic rings. The van der Waals surface area contributed by atoms with E-state index in [2.05, 4.69) is 15.6 Å². The van der Waals surface area contributed by atoms with Gasteiger partial charge in [0.1, 0.15) is 24.2 Å². The molecule has 5 atom stereocenters. The highest BCUT2D eigenvalue weighted by Crippen LogP contribution is 2.19. The summed E-state index contributed by atoms with van der Waals surface area (Å²) in [6, 6.07) is -4.17. The Morgan fingerprint density at radius 2 is 1.84 bits per heavy atom. The molecule has 1 rings (SSSR count). The highest BCUT2D eigenvalue weighted by molar-refractivity contribution is 5.94. The summed E-state index contributed by atoms with van der Waals surface area (Å²) in [5.41, 5.74) is 16.1. The van der Waals surface area contributed by atoms with E-state index in [4.69, 9.17) is 17.2 Å². The molecule has 0 aromatic rings. The number of nitrogens with zero attached hydrogens (tertiary/aromatic N) is 2. The van der Waals surface area contributed by atoms with Gasteiger partial charge in [-0.3, -0.25) is 19.4 Å². The summed E-state index contributed by atoms with van der Waals surface area (Å²) in [6.07, 6.45) is 0.329. The average Bonchev–Trinajstić information content (AvgIpc) is 3.18. The number of guanidine groups is 1. The van der Waals surface area contributed by atoms with Crippen molar-refractivity contribution in [1.82, 2.24) is 15.5 Å². The van der Waals surface area contributed by atoms with Crippen LogP contribution >= 0.6 is 0 Å². The van der Waals surface area contributed by atoms with Gasteiger partial charge in [0.2, 0.25) is 17.7 Å². The fourth-order valence-corrected chi connectivity index (χ4v) is 3.13. The van der Waals surface area contributed by atoms with Gasteiger partial charge in [-0.2, -0.15) is 0 Å². The Labute approximate surface area is 180 Å². The fourth-order valence-electron chi connectivity index (χ4n) is 3.13. The van der Waals surface area contributed by atoms with E-state index in [9.17, 15) is 29.4 Å². The van der Waals surface area contributed by atoms with Crippen LogP contribution in [0.3, 0.4) is 0 Å². The first-order valence-electron chi connectivity index (χ1n) is 10.1. The molecule has 0 aromatic carbocycles.